The van der Waals surface area contributed by atoms with Crippen molar-refractivity contribution in [1.29, 1.82) is 0 Å². The fourth-order valence-electron chi connectivity index (χ4n) is 3.10. The normalized spacial score (nSPS) is 15.1. The van der Waals surface area contributed by atoms with Crippen molar-refractivity contribution in [1.82, 2.24) is 0 Å². The van der Waals surface area contributed by atoms with Crippen molar-refractivity contribution >= 4 is 49.5 Å². The summed E-state index contributed by atoms with van der Waals surface area (Å²) in [6.45, 7) is 6.08. The van der Waals surface area contributed by atoms with Gasteiger partial charge in [0.25, 0.3) is 0 Å². The Hall–Kier alpha value is -2.75. The minimum Gasteiger partial charge on any atom is -0.462 e. The lowest BCUT2D eigenvalue weighted by Crippen LogP contribution is -2.59. The number of rotatable bonds is 14. The van der Waals surface area contributed by atoms with Crippen molar-refractivity contribution in [2.75, 3.05) is 18.1 Å². The number of carbonyl (C=O) groups is 5. The summed E-state index contributed by atoms with van der Waals surface area (Å²) in [7, 11) is -9.16. The van der Waals surface area contributed by atoms with E-state index in [0.29, 0.717) is 0 Å². The van der Waals surface area contributed by atoms with E-state index in [1.54, 1.807) is 0 Å². The lowest BCUT2D eigenvalue weighted by molar-refractivity contribution is -0.201. The van der Waals surface area contributed by atoms with E-state index in [2.05, 4.69) is 0 Å². The van der Waals surface area contributed by atoms with Crippen LogP contribution in [0.3, 0.4) is 0 Å². The minimum atomic E-state index is -4.58. The van der Waals surface area contributed by atoms with Gasteiger partial charge in [0.05, 0.1) is 0 Å². The Labute approximate surface area is 209 Å². The van der Waals surface area contributed by atoms with Crippen LogP contribution in [0.4, 0.5) is 0 Å². The Morgan fingerprint density at radius 1 is 0.556 bits per heavy atom. The average molecular weight is 561 g/mol. The maximum atomic E-state index is 13.0. The molecule has 0 radical (unpaired) electrons. The fourth-order valence-corrected chi connectivity index (χ4v) is 7.60. The number of ether oxygens (including phenoxy) is 5. The Balaban J connectivity index is 7.32. The zero-order chi connectivity index (χ0) is 28.4. The van der Waals surface area contributed by atoms with Crippen molar-refractivity contribution in [3.63, 3.8) is 0 Å². The van der Waals surface area contributed by atoms with Crippen LogP contribution in [0.5, 0.6) is 0 Å². The van der Waals surface area contributed by atoms with Crippen LogP contribution in [0.15, 0.2) is 0 Å². The van der Waals surface area contributed by atoms with Gasteiger partial charge >= 0.3 is 29.8 Å². The van der Waals surface area contributed by atoms with Crippen LogP contribution in [-0.2, 0) is 67.3 Å². The van der Waals surface area contributed by atoms with Crippen LogP contribution in [-0.4, -0.2) is 93.8 Å². The van der Waals surface area contributed by atoms with Gasteiger partial charge in [0.2, 0.25) is 4.58 Å². The maximum absolute atomic E-state index is 13.0. The van der Waals surface area contributed by atoms with Crippen LogP contribution in [0, 0.1) is 0 Å². The summed E-state index contributed by atoms with van der Waals surface area (Å²) in [5.74, 6) is -6.62. The van der Waals surface area contributed by atoms with Crippen molar-refractivity contribution in [3.8, 4) is 0 Å². The molecule has 0 rings (SSSR count). The van der Waals surface area contributed by atoms with Crippen LogP contribution in [0.1, 0.15) is 48.5 Å². The topological polar surface area (TPSA) is 200 Å². The molecule has 0 aromatic heterocycles. The molecule has 0 spiro atoms. The van der Waals surface area contributed by atoms with Gasteiger partial charge in [-0.15, -0.1) is 0 Å². The van der Waals surface area contributed by atoms with Crippen LogP contribution in [0.25, 0.3) is 0 Å². The average Bonchev–Trinajstić information content (AvgIpc) is 2.71. The largest absolute Gasteiger partial charge is 0.462 e. The molecule has 0 bridgehead atoms. The molecule has 0 aliphatic rings. The van der Waals surface area contributed by atoms with Gasteiger partial charge in [0.15, 0.2) is 44.1 Å². The summed E-state index contributed by atoms with van der Waals surface area (Å²) in [4.78, 5) is 59.0. The zero-order valence-electron chi connectivity index (χ0n) is 21.0. The third-order valence-electron chi connectivity index (χ3n) is 4.47. The Morgan fingerprint density at radius 3 is 1.25 bits per heavy atom. The molecule has 16 heteroatoms. The van der Waals surface area contributed by atoms with Gasteiger partial charge in [-0.1, -0.05) is 13.8 Å². The summed E-state index contributed by atoms with van der Waals surface area (Å²) in [5.41, 5.74) is 0. The van der Waals surface area contributed by atoms with E-state index in [-0.39, 0.29) is 0 Å². The second-order valence-electron chi connectivity index (χ2n) is 7.44. The van der Waals surface area contributed by atoms with E-state index >= 15 is 0 Å². The monoisotopic (exact) mass is 560 g/mol. The third-order valence-corrected chi connectivity index (χ3v) is 9.79. The Bertz CT molecular complexity index is 997. The number of carbonyl (C=O) groups excluding carboxylic acids is 5. The van der Waals surface area contributed by atoms with Gasteiger partial charge in [-0.3, -0.25) is 24.0 Å². The van der Waals surface area contributed by atoms with E-state index in [4.69, 9.17) is 23.7 Å². The first-order chi connectivity index (χ1) is 16.4. The smallest absolute Gasteiger partial charge is 0.303 e. The number of esters is 5. The first-order valence-electron chi connectivity index (χ1n) is 10.6. The molecule has 0 aromatic carbocycles. The van der Waals surface area contributed by atoms with Gasteiger partial charge < -0.3 is 23.7 Å². The molecule has 0 heterocycles. The summed E-state index contributed by atoms with van der Waals surface area (Å²) >= 11 is 0. The molecule has 0 N–H and O–H groups in total. The Morgan fingerprint density at radius 2 is 0.917 bits per heavy atom. The van der Waals surface area contributed by atoms with Gasteiger partial charge in [0, 0.05) is 46.1 Å². The highest BCUT2D eigenvalue weighted by molar-refractivity contribution is 8.09. The first kappa shape index (κ1) is 33.2. The lowest BCUT2D eigenvalue weighted by atomic mass is 10.0. The molecule has 0 aliphatic heterocycles. The van der Waals surface area contributed by atoms with Crippen molar-refractivity contribution in [2.24, 2.45) is 0 Å². The molecule has 36 heavy (non-hydrogen) atoms. The molecule has 0 unspecified atom stereocenters. The highest BCUT2D eigenvalue weighted by Gasteiger charge is 2.54. The summed E-state index contributed by atoms with van der Waals surface area (Å²) in [5, 5.41) is 0. The standard InChI is InChI=1S/C20H32O14S2/c1-8-35(26,27)20(36(28,29)9-2)19(34-15(7)25)18(33-14(6)24)17(32-13(5)23)16(31-12(4)22)10-30-11(3)21/h16-20H,8-10H2,1-7H3/t16-,17-,18-,19-/m1/s1. The fraction of sp³-hybridized carbons (Fsp3) is 0.750. The number of sulfone groups is 2. The first-order valence-corrected chi connectivity index (χ1v) is 14.1. The summed E-state index contributed by atoms with van der Waals surface area (Å²) < 4.78 is 74.6. The van der Waals surface area contributed by atoms with E-state index in [9.17, 15) is 40.8 Å². The van der Waals surface area contributed by atoms with Crippen LogP contribution >= 0.6 is 0 Å². The number of hydrogen-bond donors (Lipinski definition) is 0. The van der Waals surface area contributed by atoms with E-state index in [0.717, 1.165) is 48.5 Å². The van der Waals surface area contributed by atoms with Gasteiger partial charge in [0.1, 0.15) is 6.61 Å². The molecular formula is C20H32O14S2. The molecular weight excluding hydrogens is 528 g/mol. The zero-order valence-corrected chi connectivity index (χ0v) is 22.7. The maximum Gasteiger partial charge on any atom is 0.303 e. The molecule has 0 amide bonds. The molecule has 0 saturated heterocycles. The predicted molar refractivity (Wildman–Crippen MR) is 122 cm³/mol. The van der Waals surface area contributed by atoms with E-state index in [1.807, 2.05) is 0 Å². The second kappa shape index (κ2) is 14.1. The SMILES string of the molecule is CCS(=O)(=O)C([C@H](OC(C)=O)[C@H](OC(C)=O)[C@H](OC(C)=O)[C@@H](COC(C)=O)OC(C)=O)S(=O)(=O)CC. The molecule has 0 aliphatic carbocycles. The third kappa shape index (κ3) is 10.5. The van der Waals surface area contributed by atoms with Crippen molar-refractivity contribution in [3.05, 3.63) is 0 Å². The molecule has 208 valence electrons. The van der Waals surface area contributed by atoms with Crippen molar-refractivity contribution in [2.45, 2.75) is 77.5 Å². The predicted octanol–water partition coefficient (Wildman–Crippen LogP) is -0.528. The molecule has 0 aromatic rings. The lowest BCUT2D eigenvalue weighted by Gasteiger charge is -2.37. The molecule has 14 nitrogen and oxygen atoms in total. The number of hydrogen-bond acceptors (Lipinski definition) is 14. The quantitative estimate of drug-likeness (QED) is 0.194. The molecule has 0 fully saturated rings. The van der Waals surface area contributed by atoms with Gasteiger partial charge in [-0.25, -0.2) is 16.8 Å². The van der Waals surface area contributed by atoms with Gasteiger partial charge in [-0.2, -0.15) is 0 Å². The summed E-state index contributed by atoms with van der Waals surface area (Å²) in [6, 6.07) is 0. The minimum absolute atomic E-state index is 0.722. The molecule has 0 saturated carbocycles. The van der Waals surface area contributed by atoms with Crippen LogP contribution < -0.4 is 0 Å². The molecule has 4 atom stereocenters. The van der Waals surface area contributed by atoms with E-state index < -0.39 is 96.6 Å². The highest BCUT2D eigenvalue weighted by atomic mass is 32.3. The van der Waals surface area contributed by atoms with Crippen molar-refractivity contribution < 1.29 is 64.5 Å². The second-order valence-corrected chi connectivity index (χ2v) is 12.6. The highest BCUT2D eigenvalue weighted by Crippen LogP contribution is 2.28. The van der Waals surface area contributed by atoms with E-state index in [1.165, 1.54) is 0 Å². The Kier molecular flexibility index (Phi) is 13.0. The summed E-state index contributed by atoms with van der Waals surface area (Å²) in [6.07, 6.45) is -8.11. The van der Waals surface area contributed by atoms with Crippen LogP contribution in [0.2, 0.25) is 0 Å². The van der Waals surface area contributed by atoms with Gasteiger partial charge in [-0.05, 0) is 0 Å².